The number of rotatable bonds is 4. The number of hydrogen-bond acceptors (Lipinski definition) is 3. The van der Waals surface area contributed by atoms with Crippen LogP contribution in [0.2, 0.25) is 0 Å². The molecular formula is C7H12N2O2. The van der Waals surface area contributed by atoms with Crippen LogP contribution in [0.1, 0.15) is 6.92 Å². The summed E-state index contributed by atoms with van der Waals surface area (Å²) in [4.78, 5) is 0. The quantitative estimate of drug-likeness (QED) is 0.477. The number of ether oxygens (including phenoxy) is 2. The lowest BCUT2D eigenvalue weighted by Crippen LogP contribution is -2.05. The molecule has 0 unspecified atom stereocenters. The molecule has 1 aromatic rings. The van der Waals surface area contributed by atoms with Gasteiger partial charge in [-0.3, -0.25) is 0 Å². The van der Waals surface area contributed by atoms with Crippen molar-refractivity contribution in [2.75, 3.05) is 13.4 Å². The second-order valence-corrected chi connectivity index (χ2v) is 2.05. The summed E-state index contributed by atoms with van der Waals surface area (Å²) in [7, 11) is 1.82. The van der Waals surface area contributed by atoms with Gasteiger partial charge in [0.05, 0.1) is 6.20 Å². The molecule has 0 saturated carbocycles. The van der Waals surface area contributed by atoms with Crippen molar-refractivity contribution in [3.8, 4) is 5.88 Å². The summed E-state index contributed by atoms with van der Waals surface area (Å²) >= 11 is 0. The summed E-state index contributed by atoms with van der Waals surface area (Å²) in [6, 6.07) is 1.79. The van der Waals surface area contributed by atoms with E-state index in [-0.39, 0.29) is 6.79 Å². The minimum Gasteiger partial charge on any atom is -0.451 e. The molecule has 4 heteroatoms. The highest BCUT2D eigenvalue weighted by molar-refractivity contribution is 5.06. The Hall–Kier alpha value is -1.03. The first-order chi connectivity index (χ1) is 5.34. The Morgan fingerprint density at radius 3 is 3.00 bits per heavy atom. The largest absolute Gasteiger partial charge is 0.451 e. The van der Waals surface area contributed by atoms with Gasteiger partial charge < -0.3 is 9.47 Å². The van der Waals surface area contributed by atoms with E-state index in [4.69, 9.17) is 9.47 Å². The first kappa shape index (κ1) is 8.07. The molecule has 0 saturated heterocycles. The number of nitrogens with zero attached hydrogens (tertiary/aromatic N) is 2. The van der Waals surface area contributed by atoms with Gasteiger partial charge in [-0.05, 0) is 6.92 Å². The molecular weight excluding hydrogens is 144 g/mol. The van der Waals surface area contributed by atoms with Crippen LogP contribution in [0.25, 0.3) is 0 Å². The number of aryl methyl sites for hydroxylation is 1. The van der Waals surface area contributed by atoms with Crippen LogP contribution >= 0.6 is 0 Å². The van der Waals surface area contributed by atoms with Gasteiger partial charge in [-0.1, -0.05) is 0 Å². The van der Waals surface area contributed by atoms with Crippen molar-refractivity contribution < 1.29 is 9.47 Å². The molecule has 0 N–H and O–H groups in total. The zero-order chi connectivity index (χ0) is 8.10. The molecule has 0 atom stereocenters. The van der Waals surface area contributed by atoms with E-state index in [0.717, 1.165) is 5.88 Å². The first-order valence-corrected chi connectivity index (χ1v) is 3.53. The molecule has 0 aliphatic heterocycles. The number of aromatic nitrogens is 2. The van der Waals surface area contributed by atoms with Crippen molar-refractivity contribution in [3.63, 3.8) is 0 Å². The summed E-state index contributed by atoms with van der Waals surface area (Å²) in [5.41, 5.74) is 0. The predicted octanol–water partition coefficient (Wildman–Crippen LogP) is 0.793. The molecule has 0 amide bonds. The van der Waals surface area contributed by atoms with Gasteiger partial charge in [-0.15, -0.1) is 0 Å². The molecule has 0 aliphatic carbocycles. The second-order valence-electron chi connectivity index (χ2n) is 2.05. The van der Waals surface area contributed by atoms with Crippen LogP contribution in [0.3, 0.4) is 0 Å². The van der Waals surface area contributed by atoms with Crippen LogP contribution in [0.5, 0.6) is 5.88 Å². The van der Waals surface area contributed by atoms with Gasteiger partial charge in [0.2, 0.25) is 5.88 Å². The van der Waals surface area contributed by atoms with Crippen molar-refractivity contribution in [1.82, 2.24) is 9.78 Å². The maximum Gasteiger partial charge on any atom is 0.213 e. The molecule has 11 heavy (non-hydrogen) atoms. The monoisotopic (exact) mass is 156 g/mol. The lowest BCUT2D eigenvalue weighted by atomic mass is 10.7. The van der Waals surface area contributed by atoms with Crippen molar-refractivity contribution in [3.05, 3.63) is 12.3 Å². The summed E-state index contributed by atoms with van der Waals surface area (Å²) in [5.74, 6) is 0.721. The molecule has 0 radical (unpaired) electrons. The minimum atomic E-state index is 0.288. The SMILES string of the molecule is CCOCOc1ccnn1C. The predicted molar refractivity (Wildman–Crippen MR) is 40.3 cm³/mol. The average molecular weight is 156 g/mol. The summed E-state index contributed by atoms with van der Waals surface area (Å²) in [5, 5.41) is 3.93. The number of hydrogen-bond donors (Lipinski definition) is 0. The third-order valence-electron chi connectivity index (χ3n) is 1.27. The van der Waals surface area contributed by atoms with Gasteiger partial charge in [-0.25, -0.2) is 4.68 Å². The van der Waals surface area contributed by atoms with Crippen molar-refractivity contribution in [2.24, 2.45) is 7.05 Å². The Morgan fingerprint density at radius 1 is 1.64 bits per heavy atom. The maximum atomic E-state index is 5.20. The van der Waals surface area contributed by atoms with Crippen LogP contribution in [-0.2, 0) is 11.8 Å². The topological polar surface area (TPSA) is 36.3 Å². The van der Waals surface area contributed by atoms with Crippen molar-refractivity contribution in [1.29, 1.82) is 0 Å². The highest BCUT2D eigenvalue weighted by atomic mass is 16.7. The van der Waals surface area contributed by atoms with E-state index < -0.39 is 0 Å². The summed E-state index contributed by atoms with van der Waals surface area (Å²) in [6.07, 6.45) is 1.68. The van der Waals surface area contributed by atoms with E-state index in [2.05, 4.69) is 5.10 Å². The van der Waals surface area contributed by atoms with Gasteiger partial charge in [0, 0.05) is 19.7 Å². The molecule has 0 aromatic carbocycles. The Labute approximate surface area is 65.7 Å². The molecule has 62 valence electrons. The standard InChI is InChI=1S/C7H12N2O2/c1-3-10-6-11-7-4-5-8-9(7)2/h4-5H,3,6H2,1-2H3. The molecule has 0 spiro atoms. The lowest BCUT2D eigenvalue weighted by Gasteiger charge is -2.04. The first-order valence-electron chi connectivity index (χ1n) is 3.53. The Kier molecular flexibility index (Phi) is 2.92. The lowest BCUT2D eigenvalue weighted by molar-refractivity contribution is 0.0172. The van der Waals surface area contributed by atoms with Gasteiger partial charge in [0.15, 0.2) is 6.79 Å². The van der Waals surface area contributed by atoms with E-state index in [1.54, 1.807) is 16.9 Å². The third kappa shape index (κ3) is 2.23. The summed E-state index contributed by atoms with van der Waals surface area (Å²) in [6.45, 7) is 2.88. The fourth-order valence-electron chi connectivity index (χ4n) is 0.689. The van der Waals surface area contributed by atoms with Crippen LogP contribution in [0.15, 0.2) is 12.3 Å². The zero-order valence-electron chi connectivity index (χ0n) is 6.78. The van der Waals surface area contributed by atoms with Gasteiger partial charge in [-0.2, -0.15) is 5.10 Å². The highest BCUT2D eigenvalue weighted by Gasteiger charge is 1.96. The van der Waals surface area contributed by atoms with Crippen LogP contribution < -0.4 is 4.74 Å². The van der Waals surface area contributed by atoms with E-state index in [9.17, 15) is 0 Å². The van der Waals surface area contributed by atoms with E-state index >= 15 is 0 Å². The van der Waals surface area contributed by atoms with Crippen molar-refractivity contribution in [2.45, 2.75) is 6.92 Å². The van der Waals surface area contributed by atoms with Crippen LogP contribution in [0.4, 0.5) is 0 Å². The van der Waals surface area contributed by atoms with E-state index in [1.165, 1.54) is 0 Å². The Balaban J connectivity index is 2.32. The van der Waals surface area contributed by atoms with Crippen LogP contribution in [0, 0.1) is 0 Å². The van der Waals surface area contributed by atoms with Gasteiger partial charge >= 0.3 is 0 Å². The third-order valence-corrected chi connectivity index (χ3v) is 1.27. The highest BCUT2D eigenvalue weighted by Crippen LogP contribution is 2.05. The van der Waals surface area contributed by atoms with Crippen molar-refractivity contribution >= 4 is 0 Å². The fourth-order valence-corrected chi connectivity index (χ4v) is 0.689. The molecule has 1 heterocycles. The van der Waals surface area contributed by atoms with E-state index in [0.29, 0.717) is 6.61 Å². The van der Waals surface area contributed by atoms with E-state index in [1.807, 2.05) is 14.0 Å². The van der Waals surface area contributed by atoms with Crippen LogP contribution in [-0.4, -0.2) is 23.2 Å². The molecule has 0 aliphatic rings. The average Bonchev–Trinajstić information content (AvgIpc) is 2.37. The Morgan fingerprint density at radius 2 is 2.45 bits per heavy atom. The Bertz CT molecular complexity index is 210. The molecule has 1 rings (SSSR count). The normalized spacial score (nSPS) is 10.0. The maximum absolute atomic E-state index is 5.20. The van der Waals surface area contributed by atoms with Gasteiger partial charge in [0.25, 0.3) is 0 Å². The summed E-state index contributed by atoms with van der Waals surface area (Å²) < 4.78 is 11.8. The molecule has 4 nitrogen and oxygen atoms in total. The molecule has 0 fully saturated rings. The minimum absolute atomic E-state index is 0.288. The molecule has 0 bridgehead atoms. The second kappa shape index (κ2) is 3.98. The fraction of sp³-hybridized carbons (Fsp3) is 0.571. The zero-order valence-corrected chi connectivity index (χ0v) is 6.78. The smallest absolute Gasteiger partial charge is 0.213 e. The molecule has 1 aromatic heterocycles. The van der Waals surface area contributed by atoms with Gasteiger partial charge in [0.1, 0.15) is 0 Å².